The molecule has 0 aromatic rings. The number of halogens is 4. The molecule has 838 valence electrons. The molecule has 8 aliphatic heterocycles. The zero-order valence-electron chi connectivity index (χ0n) is 86.4. The number of aliphatic hydroxyl groups is 1. The van der Waals surface area contributed by atoms with Crippen LogP contribution in [-0.4, -0.2) is 493 Å². The van der Waals surface area contributed by atoms with Crippen LogP contribution in [0.3, 0.4) is 0 Å². The van der Waals surface area contributed by atoms with Crippen LogP contribution in [0.5, 0.6) is 0 Å². The fourth-order valence-corrected chi connectivity index (χ4v) is 29.8. The topological polar surface area (TPSA) is 585 Å². The van der Waals surface area contributed by atoms with E-state index in [4.69, 9.17) is 88.3 Å². The molecule has 8 rings (SSSR count). The molecule has 62 heteroatoms. The Hall–Kier alpha value is 0.239. The molecule has 0 radical (unpaired) electrons. The van der Waals surface area contributed by atoms with Crippen LogP contribution in [0.2, 0.25) is 0 Å². The number of nitrogens with two attached hydrogens (primary N) is 4. The summed E-state index contributed by atoms with van der Waals surface area (Å²) < 4.78 is 184. The molecule has 4 amide bonds. The van der Waals surface area contributed by atoms with Crippen molar-refractivity contribution in [2.45, 2.75) is 180 Å². The molecule has 0 bridgehead atoms. The Labute approximate surface area is 907 Å². The molecule has 0 spiro atoms. The van der Waals surface area contributed by atoms with Crippen molar-refractivity contribution >= 4 is 167 Å². The summed E-state index contributed by atoms with van der Waals surface area (Å²) in [6.07, 6.45) is -2.20. The van der Waals surface area contributed by atoms with Crippen molar-refractivity contribution in [3.05, 3.63) is 0 Å². The van der Waals surface area contributed by atoms with E-state index in [1.807, 2.05) is 60.2 Å². The van der Waals surface area contributed by atoms with Gasteiger partial charge in [0.05, 0.1) is 145 Å². The van der Waals surface area contributed by atoms with Gasteiger partial charge in [0.25, 0.3) is 15.0 Å². The number of likely N-dealkylation sites (N-methyl/N-ethyl adjacent to an activating group) is 2. The van der Waals surface area contributed by atoms with Crippen LogP contribution in [0.4, 0.5) is 4.79 Å². The van der Waals surface area contributed by atoms with Gasteiger partial charge in [0, 0.05) is 163 Å². The second-order valence-corrected chi connectivity index (χ2v) is 75.4. The quantitative estimate of drug-likeness (QED) is 0.0116. The van der Waals surface area contributed by atoms with Crippen LogP contribution >= 0.6 is 126 Å². The van der Waals surface area contributed by atoms with Crippen molar-refractivity contribution in [3.63, 3.8) is 0 Å². The number of nitrogens with one attached hydrogen (secondary N) is 4. The monoisotopic (exact) mass is 2690 g/mol. The van der Waals surface area contributed by atoms with Gasteiger partial charge in [0.1, 0.15) is 12.4 Å². The number of guanidine groups is 2. The Balaban J connectivity index is 0.000000689. The number of rotatable bonds is 51. The average molecular weight is 2690 g/mol. The SMILES string of the molecule is C.CCC(CCCN=C(N)N)C(=O)NCC(=O)N1CC(C)OC(COP(=O)(CNC)N2CC(C)OC(COP(=O)(N(C)C)N3CC(C)OC(COP(=O)(N(C)C)N4CCN(C(=O)OCCO)CC4)C3)C2)C1.CNCP(=O)(OCC1CN(C)CC(C)O1)N1CC(C)OC(COP(=O)(N(C)C)N2CC(C)OC(COP(=O)(N(C)C)N3CCN(C(=O)CCC(=O)C(CCCN=C(N)N)NC)CC3)C2)C1.N.[I][V][I].[I][V][I]. The van der Waals surface area contributed by atoms with E-state index in [9.17, 15) is 51.4 Å². The molecule has 16 N–H and O–H groups in total. The third-order valence-electron chi connectivity index (χ3n) is 24.1. The van der Waals surface area contributed by atoms with Gasteiger partial charge in [-0.15, -0.1) is 0 Å². The van der Waals surface area contributed by atoms with Gasteiger partial charge in [0.2, 0.25) is 17.7 Å². The predicted octanol–water partition coefficient (Wildman–Crippen LogP) is 5.60. The number of ketones is 1. The van der Waals surface area contributed by atoms with Gasteiger partial charge in [0.15, 0.2) is 11.9 Å². The van der Waals surface area contributed by atoms with E-state index in [0.717, 1.165) is 6.54 Å². The Kier molecular flexibility index (Phi) is 66.6. The van der Waals surface area contributed by atoms with E-state index < -0.39 is 101 Å². The molecule has 0 saturated carbocycles. The van der Waals surface area contributed by atoms with Gasteiger partial charge < -0.3 is 135 Å². The van der Waals surface area contributed by atoms with Gasteiger partial charge in [-0.3, -0.25) is 56.6 Å². The van der Waals surface area contributed by atoms with E-state index in [1.54, 1.807) is 120 Å². The number of ether oxygens (including phenoxy) is 7. The first-order valence-corrected chi connectivity index (χ1v) is 75.3. The molecule has 8 aliphatic rings. The molecule has 8 fully saturated rings. The second-order valence-electron chi connectivity index (χ2n) is 36.6. The maximum atomic E-state index is 14.9. The first-order valence-electron chi connectivity index (χ1n) is 47.6. The molecule has 0 aromatic carbocycles. The molecule has 8 saturated heterocycles. The van der Waals surface area contributed by atoms with Crippen molar-refractivity contribution in [3.8, 4) is 0 Å². The summed E-state index contributed by atoms with van der Waals surface area (Å²) in [6.45, 7) is 19.6. The number of piperazine rings is 2. The Morgan fingerprint density at radius 3 is 1.15 bits per heavy atom. The number of carbonyl (C=O) groups is 5. The van der Waals surface area contributed by atoms with Crippen molar-refractivity contribution in [2.24, 2.45) is 38.8 Å². The minimum absolute atomic E-state index is 0. The molecular weight excluding hydrogens is 2520 g/mol. The molecular formula is C81H171I4N25O25P6V2. The van der Waals surface area contributed by atoms with Crippen LogP contribution in [0.25, 0.3) is 0 Å². The Morgan fingerprint density at radius 1 is 0.455 bits per heavy atom. The van der Waals surface area contributed by atoms with Crippen molar-refractivity contribution in [1.82, 2.24) is 93.7 Å². The normalized spacial score (nSPS) is 26.7. The number of aliphatic imine (C=N–C) groups is 2. The van der Waals surface area contributed by atoms with Crippen LogP contribution in [0, 0.1) is 5.92 Å². The molecule has 20 atom stereocenters. The molecule has 20 unspecified atom stereocenters. The van der Waals surface area contributed by atoms with Crippen LogP contribution in [-0.2, 0) is 126 Å². The van der Waals surface area contributed by atoms with Crippen molar-refractivity contribution in [2.75, 3.05) is 301 Å². The number of Topliss-reactive ketones (excluding diaryl/α,β-unsaturated/α-hetero) is 1. The number of aliphatic hydroxyl groups excluding tert-OH is 1. The summed E-state index contributed by atoms with van der Waals surface area (Å²) in [5.74, 6) is -0.949. The fraction of sp³-hybridized carbons (Fsp3) is 0.914. The van der Waals surface area contributed by atoms with E-state index in [2.05, 4.69) is 116 Å². The van der Waals surface area contributed by atoms with E-state index in [-0.39, 0.29) is 242 Å². The zero-order valence-corrected chi connectivity index (χ0v) is 103. The summed E-state index contributed by atoms with van der Waals surface area (Å²) in [4.78, 5) is 79.6. The third-order valence-corrected chi connectivity index (χ3v) is 39.3. The predicted molar refractivity (Wildman–Crippen MR) is 582 cm³/mol. The first kappa shape index (κ1) is 137. The number of hydrogen-bond donors (Lipinski definition) is 10. The number of nitrogens with zero attached hydrogens (tertiary/aromatic N) is 16. The third kappa shape index (κ3) is 45.4. The number of hydrogen-bond acceptors (Lipinski definition) is 32. The van der Waals surface area contributed by atoms with Crippen molar-refractivity contribution in [1.29, 1.82) is 0 Å². The number of amides is 4. The number of morpholine rings is 6. The van der Waals surface area contributed by atoms with E-state index in [0.29, 0.717) is 116 Å². The van der Waals surface area contributed by atoms with Gasteiger partial charge in [-0.05, 0) is 158 Å². The first-order chi connectivity index (χ1) is 66.5. The van der Waals surface area contributed by atoms with Crippen LogP contribution < -0.4 is 50.4 Å². The van der Waals surface area contributed by atoms with Gasteiger partial charge >= 0.3 is 136 Å². The molecule has 0 aliphatic carbocycles. The maximum absolute atomic E-state index is 14.9. The standard InChI is InChI=1S/C41H83N12O14P3.C39H81N12O11P3.CH4.4HI.H3N.2V/c1-10-34(12-11-13-45-40(42)43)39(56)46-20-38(55)50-21-31(2)65-35(24-50)27-62-68(58,30-44-5)52-22-32(3)66-36(25-52)28-64-70(60,48(8)9)53-23-33(4)67-37(26-53)29-63-69(59,47(6)7)51-16-14-49(15-17-51)41(57)61-19-18-54;1-30-20-47(10)23-33(60-30)26-57-63(54,29-42-4)50-21-31(2)61-34(24-50)27-59-65(56,46(8)9)51-22-32(3)62-35(25-51)28-58-64(55,45(6)7)49-18-16-48(17-19-49)38(53)14-13-37(52)36(43-5)12-11-15-44-39(40)41;;;;;;;;/h31-37,44,54H,10-30H2,1-9H3,(H,46,56)(H4,42,43,45);30-36,42-43H,11-29H2,1-10H3,(H4,40,41,44);1H4;4*1H;1H3;;/q;;;;;;;;2*+2/p-4. The van der Waals surface area contributed by atoms with Crippen LogP contribution in [0.15, 0.2) is 9.98 Å². The molecule has 0 aromatic heterocycles. The van der Waals surface area contributed by atoms with Crippen molar-refractivity contribution < 1.29 is 136 Å². The average Bonchev–Trinajstić information content (AvgIpc) is 0.797. The fourth-order valence-electron chi connectivity index (χ4n) is 17.4. The summed E-state index contributed by atoms with van der Waals surface area (Å²) in [5, 5.41) is 20.9. The molecule has 8 heterocycles. The number of carbonyl (C=O) groups excluding carboxylic acids is 5. The summed E-state index contributed by atoms with van der Waals surface area (Å²) in [7, 11) is 0.340. The van der Waals surface area contributed by atoms with Gasteiger partial charge in [-0.2, -0.15) is 0 Å². The van der Waals surface area contributed by atoms with E-state index in [1.165, 1.54) is 14.2 Å². The minimum atomic E-state index is -3.73. The Morgan fingerprint density at radius 2 is 0.790 bits per heavy atom. The van der Waals surface area contributed by atoms with Crippen LogP contribution in [0.1, 0.15) is 101 Å². The molecule has 143 heavy (non-hydrogen) atoms. The van der Waals surface area contributed by atoms with Gasteiger partial charge in [-0.25, -0.2) is 51.5 Å². The summed E-state index contributed by atoms with van der Waals surface area (Å²) in [6, 6.07) is -0.397. The van der Waals surface area contributed by atoms with Gasteiger partial charge in [-0.1, -0.05) is 14.4 Å². The molecule has 50 nitrogen and oxygen atoms in total. The second kappa shape index (κ2) is 69.4. The Bertz CT molecular complexity index is 4100. The summed E-state index contributed by atoms with van der Waals surface area (Å²) in [5.41, 5.74) is 21.6. The zero-order chi connectivity index (χ0) is 105. The summed E-state index contributed by atoms with van der Waals surface area (Å²) >= 11 is 9.48. The van der Waals surface area contributed by atoms with E-state index >= 15 is 0 Å².